The van der Waals surface area contributed by atoms with Gasteiger partial charge in [0.1, 0.15) is 0 Å². The Balaban J connectivity index is 2.31. The third kappa shape index (κ3) is 3.49. The van der Waals surface area contributed by atoms with E-state index in [-0.39, 0.29) is 5.69 Å². The van der Waals surface area contributed by atoms with Crippen LogP contribution in [0.1, 0.15) is 16.7 Å². The van der Waals surface area contributed by atoms with E-state index in [4.69, 9.17) is 5.26 Å². The van der Waals surface area contributed by atoms with Crippen LogP contribution in [0.15, 0.2) is 48.5 Å². The molecule has 0 unspecified atom stereocenters. The lowest BCUT2D eigenvalue weighted by atomic mass is 10.1. The van der Waals surface area contributed by atoms with E-state index in [0.717, 1.165) is 11.3 Å². The van der Waals surface area contributed by atoms with Crippen molar-refractivity contribution in [1.82, 2.24) is 0 Å². The van der Waals surface area contributed by atoms with Crippen LogP contribution in [-0.2, 0) is 0 Å². The van der Waals surface area contributed by atoms with Crippen molar-refractivity contribution in [3.8, 4) is 6.07 Å². The second-order valence-corrected chi connectivity index (χ2v) is 4.92. The zero-order valence-electron chi connectivity index (χ0n) is 12.3. The smallest absolute Gasteiger partial charge is 0.269 e. The molecule has 22 heavy (non-hydrogen) atoms. The average Bonchev–Trinajstić information content (AvgIpc) is 2.50. The van der Waals surface area contributed by atoms with Gasteiger partial charge in [-0.05, 0) is 54.8 Å². The van der Waals surface area contributed by atoms with Gasteiger partial charge in [-0.3, -0.25) is 10.1 Å². The lowest BCUT2D eigenvalue weighted by molar-refractivity contribution is -0.384. The summed E-state index contributed by atoms with van der Waals surface area (Å²) in [5.41, 5.74) is 4.52. The number of non-ortho nitro benzene ring substituents is 1. The normalized spacial score (nSPS) is 10.9. The lowest BCUT2D eigenvalue weighted by Gasteiger charge is -2.12. The molecule has 0 aliphatic rings. The minimum atomic E-state index is -0.450. The highest BCUT2D eigenvalue weighted by Crippen LogP contribution is 2.22. The average molecular weight is 293 g/mol. The summed E-state index contributed by atoms with van der Waals surface area (Å²) in [6.45, 7) is 4.04. The molecule has 0 heterocycles. The van der Waals surface area contributed by atoms with E-state index in [1.165, 1.54) is 23.8 Å². The molecule has 1 N–H and O–H groups in total. The van der Waals surface area contributed by atoms with Gasteiger partial charge in [-0.15, -0.1) is 0 Å². The maximum atomic E-state index is 10.7. The maximum Gasteiger partial charge on any atom is 0.269 e. The molecule has 0 aliphatic carbocycles. The Morgan fingerprint density at radius 3 is 2.41 bits per heavy atom. The Labute approximate surface area is 128 Å². The van der Waals surface area contributed by atoms with Crippen molar-refractivity contribution < 1.29 is 4.92 Å². The number of hydrogen-bond acceptors (Lipinski definition) is 4. The number of allylic oxidation sites excluding steroid dienone is 1. The first kappa shape index (κ1) is 15.3. The van der Waals surface area contributed by atoms with Crippen LogP contribution in [0, 0.1) is 35.3 Å². The molecule has 0 saturated heterocycles. The van der Waals surface area contributed by atoms with E-state index in [1.54, 1.807) is 12.1 Å². The van der Waals surface area contributed by atoms with Gasteiger partial charge in [0.15, 0.2) is 0 Å². The molecule has 2 aromatic carbocycles. The van der Waals surface area contributed by atoms with Gasteiger partial charge >= 0.3 is 0 Å². The van der Waals surface area contributed by atoms with E-state index in [9.17, 15) is 10.1 Å². The Hall–Kier alpha value is -3.13. The Morgan fingerprint density at radius 2 is 1.86 bits per heavy atom. The summed E-state index contributed by atoms with van der Waals surface area (Å²) in [7, 11) is 0. The number of benzene rings is 2. The summed E-state index contributed by atoms with van der Waals surface area (Å²) in [6, 6.07) is 14.0. The summed E-state index contributed by atoms with van der Waals surface area (Å²) in [6.07, 6.45) is 1.39. The monoisotopic (exact) mass is 293 g/mol. The summed E-state index contributed by atoms with van der Waals surface area (Å²) in [5, 5.41) is 22.8. The molecule has 0 aromatic heterocycles. The van der Waals surface area contributed by atoms with E-state index in [2.05, 4.69) is 5.32 Å². The molecule has 0 aliphatic heterocycles. The Kier molecular flexibility index (Phi) is 4.54. The lowest BCUT2D eigenvalue weighted by Crippen LogP contribution is -2.00. The van der Waals surface area contributed by atoms with Crippen LogP contribution in [0.5, 0.6) is 0 Å². The van der Waals surface area contributed by atoms with Crippen LogP contribution >= 0.6 is 0 Å². The highest BCUT2D eigenvalue weighted by molar-refractivity contribution is 5.78. The van der Waals surface area contributed by atoms with Crippen molar-refractivity contribution in [2.45, 2.75) is 13.8 Å². The molecule has 0 spiro atoms. The molecular formula is C17H15N3O2. The zero-order chi connectivity index (χ0) is 16.1. The zero-order valence-corrected chi connectivity index (χ0v) is 12.3. The maximum absolute atomic E-state index is 10.7. The van der Waals surface area contributed by atoms with Crippen molar-refractivity contribution >= 4 is 17.1 Å². The van der Waals surface area contributed by atoms with Gasteiger partial charge in [-0.25, -0.2) is 0 Å². The highest BCUT2D eigenvalue weighted by atomic mass is 16.6. The number of nitro benzene ring substituents is 1. The number of hydrogen-bond donors (Lipinski definition) is 1. The molecule has 2 aromatic rings. The quantitative estimate of drug-likeness (QED) is 0.521. The van der Waals surface area contributed by atoms with Gasteiger partial charge in [-0.1, -0.05) is 6.07 Å². The molecular weight excluding hydrogens is 278 g/mol. The number of anilines is 1. The van der Waals surface area contributed by atoms with Gasteiger partial charge in [0.2, 0.25) is 0 Å². The van der Waals surface area contributed by atoms with Crippen molar-refractivity contribution in [3.63, 3.8) is 0 Å². The summed E-state index contributed by atoms with van der Waals surface area (Å²) >= 11 is 0. The van der Waals surface area contributed by atoms with E-state index >= 15 is 0 Å². The molecule has 0 atom stereocenters. The first-order valence-corrected chi connectivity index (χ1v) is 6.70. The van der Waals surface area contributed by atoms with Crippen LogP contribution < -0.4 is 5.32 Å². The minimum absolute atomic E-state index is 0.0197. The van der Waals surface area contributed by atoms with Gasteiger partial charge in [0, 0.05) is 23.9 Å². The second kappa shape index (κ2) is 6.55. The van der Waals surface area contributed by atoms with Crippen LogP contribution in [0.2, 0.25) is 0 Å². The van der Waals surface area contributed by atoms with Gasteiger partial charge in [-0.2, -0.15) is 5.26 Å². The number of nitrogens with zero attached hydrogens (tertiary/aromatic N) is 2. The number of rotatable bonds is 4. The van der Waals surface area contributed by atoms with Crippen LogP contribution in [-0.4, -0.2) is 4.92 Å². The first-order valence-electron chi connectivity index (χ1n) is 6.70. The Morgan fingerprint density at radius 1 is 1.18 bits per heavy atom. The second-order valence-electron chi connectivity index (χ2n) is 4.92. The summed E-state index contributed by atoms with van der Waals surface area (Å²) in [4.78, 5) is 10.2. The number of nitro groups is 1. The Bertz CT molecular complexity index is 771. The van der Waals surface area contributed by atoms with Crippen LogP contribution in [0.3, 0.4) is 0 Å². The van der Waals surface area contributed by atoms with E-state index in [1.807, 2.05) is 38.1 Å². The first-order chi connectivity index (χ1) is 10.5. The molecule has 0 radical (unpaired) electrons. The molecule has 0 amide bonds. The SMILES string of the molecule is Cc1ccc(N/C(=C/C#N)c2ccc([N+](=O)[O-])cc2)cc1C. The van der Waals surface area contributed by atoms with Crippen molar-refractivity contribution in [1.29, 1.82) is 5.26 Å². The van der Waals surface area contributed by atoms with Crippen molar-refractivity contribution in [2.24, 2.45) is 0 Å². The van der Waals surface area contributed by atoms with E-state index in [0.29, 0.717) is 11.3 Å². The standard InChI is InChI=1S/C17H15N3O2/c1-12-3-6-15(11-13(12)2)19-17(9-10-18)14-4-7-16(8-5-14)20(21)22/h3-9,11,19H,1-2H3/b17-9+. The van der Waals surface area contributed by atoms with Gasteiger partial charge in [0.25, 0.3) is 5.69 Å². The van der Waals surface area contributed by atoms with Gasteiger partial charge in [0.05, 0.1) is 16.7 Å². The molecule has 0 bridgehead atoms. The number of nitriles is 1. The molecule has 5 nitrogen and oxygen atoms in total. The number of nitrogens with one attached hydrogen (secondary N) is 1. The van der Waals surface area contributed by atoms with Crippen LogP contribution in [0.25, 0.3) is 5.70 Å². The summed E-state index contributed by atoms with van der Waals surface area (Å²) < 4.78 is 0. The van der Waals surface area contributed by atoms with Crippen molar-refractivity contribution in [3.05, 3.63) is 75.3 Å². The van der Waals surface area contributed by atoms with E-state index < -0.39 is 4.92 Å². The fraction of sp³-hybridized carbons (Fsp3) is 0.118. The fourth-order valence-corrected chi connectivity index (χ4v) is 1.99. The van der Waals surface area contributed by atoms with Gasteiger partial charge < -0.3 is 5.32 Å². The third-order valence-corrected chi connectivity index (χ3v) is 3.38. The molecule has 110 valence electrons. The predicted octanol–water partition coefficient (Wildman–Crippen LogP) is 4.19. The molecule has 0 saturated carbocycles. The molecule has 0 fully saturated rings. The topological polar surface area (TPSA) is 79.0 Å². The number of aryl methyl sites for hydroxylation is 2. The molecule has 2 rings (SSSR count). The van der Waals surface area contributed by atoms with Crippen LogP contribution in [0.4, 0.5) is 11.4 Å². The largest absolute Gasteiger partial charge is 0.354 e. The summed E-state index contributed by atoms with van der Waals surface area (Å²) in [5.74, 6) is 0. The third-order valence-electron chi connectivity index (χ3n) is 3.38. The predicted molar refractivity (Wildman–Crippen MR) is 86.2 cm³/mol. The molecule has 5 heteroatoms. The van der Waals surface area contributed by atoms with Crippen molar-refractivity contribution in [2.75, 3.05) is 5.32 Å². The fourth-order valence-electron chi connectivity index (χ4n) is 1.99. The highest BCUT2D eigenvalue weighted by Gasteiger charge is 2.07. The minimum Gasteiger partial charge on any atom is -0.354 e.